The highest BCUT2D eigenvalue weighted by molar-refractivity contribution is 5.71. The second kappa shape index (κ2) is 68.1. The normalized spacial score (nSPS) is 13.0. The molecule has 0 fully saturated rings. The van der Waals surface area contributed by atoms with Gasteiger partial charge in [0.05, 0.1) is 0 Å². The summed E-state index contributed by atoms with van der Waals surface area (Å²) in [5.41, 5.74) is 0. The molecule has 1 atom stereocenters. The van der Waals surface area contributed by atoms with E-state index in [1.54, 1.807) is 0 Å². The summed E-state index contributed by atoms with van der Waals surface area (Å²) in [4.78, 5) is 38.3. The molecule has 0 amide bonds. The average molecular weight is 1120 g/mol. The molecule has 0 heterocycles. The van der Waals surface area contributed by atoms with Crippen LogP contribution in [0.2, 0.25) is 0 Å². The number of carbonyl (C=O) groups is 3. The third-order valence-electron chi connectivity index (χ3n) is 14.1. The van der Waals surface area contributed by atoms with Gasteiger partial charge in [0.15, 0.2) is 6.10 Å². The first kappa shape index (κ1) is 76.5. The molecule has 0 aliphatic heterocycles. The van der Waals surface area contributed by atoms with Crippen molar-refractivity contribution in [2.75, 3.05) is 13.2 Å². The summed E-state index contributed by atoms with van der Waals surface area (Å²) in [6, 6.07) is 0. The van der Waals surface area contributed by atoms with Gasteiger partial charge in [-0.2, -0.15) is 0 Å². The van der Waals surface area contributed by atoms with E-state index >= 15 is 0 Å². The van der Waals surface area contributed by atoms with Gasteiger partial charge >= 0.3 is 17.9 Å². The number of carbonyl (C=O) groups excluding carboxylic acids is 3. The molecule has 0 N–H and O–H groups in total. The lowest BCUT2D eigenvalue weighted by molar-refractivity contribution is -0.167. The van der Waals surface area contributed by atoms with Crippen LogP contribution in [0.15, 0.2) is 134 Å². The zero-order chi connectivity index (χ0) is 58.5. The number of hydrogen-bond donors (Lipinski definition) is 0. The minimum Gasteiger partial charge on any atom is -0.462 e. The molecule has 0 aromatic carbocycles. The van der Waals surface area contributed by atoms with Gasteiger partial charge in [-0.3, -0.25) is 14.4 Å². The Bertz CT molecular complexity index is 1720. The van der Waals surface area contributed by atoms with Crippen LogP contribution in [0, 0.1) is 0 Å². The van der Waals surface area contributed by atoms with Crippen molar-refractivity contribution < 1.29 is 28.6 Å². The Kier molecular flexibility index (Phi) is 64.3. The second-order valence-electron chi connectivity index (χ2n) is 22.0. The number of esters is 3. The molecule has 0 aromatic rings. The molecule has 0 radical (unpaired) electrons. The molecule has 0 rings (SSSR count). The van der Waals surface area contributed by atoms with Gasteiger partial charge in [-0.05, 0) is 128 Å². The van der Waals surface area contributed by atoms with Gasteiger partial charge in [0.1, 0.15) is 13.2 Å². The van der Waals surface area contributed by atoms with E-state index < -0.39 is 6.10 Å². The fourth-order valence-corrected chi connectivity index (χ4v) is 9.15. The van der Waals surface area contributed by atoms with Gasteiger partial charge in [-0.25, -0.2) is 0 Å². The lowest BCUT2D eigenvalue weighted by atomic mass is 10.0. The van der Waals surface area contributed by atoms with Crippen LogP contribution in [0.1, 0.15) is 303 Å². The third-order valence-corrected chi connectivity index (χ3v) is 14.1. The number of ether oxygens (including phenoxy) is 3. The molecule has 0 aliphatic carbocycles. The van der Waals surface area contributed by atoms with Crippen molar-refractivity contribution in [3.05, 3.63) is 134 Å². The summed E-state index contributed by atoms with van der Waals surface area (Å²) in [5, 5.41) is 0. The van der Waals surface area contributed by atoms with Crippen molar-refractivity contribution in [2.24, 2.45) is 0 Å². The average Bonchev–Trinajstić information content (AvgIpc) is 3.46. The van der Waals surface area contributed by atoms with E-state index in [-0.39, 0.29) is 31.1 Å². The molecule has 6 nitrogen and oxygen atoms in total. The first-order valence-electron chi connectivity index (χ1n) is 33.7. The molecule has 0 spiro atoms. The summed E-state index contributed by atoms with van der Waals surface area (Å²) in [6.07, 6.45) is 96.2. The highest BCUT2D eigenvalue weighted by Gasteiger charge is 2.19. The van der Waals surface area contributed by atoms with Gasteiger partial charge in [-0.1, -0.05) is 289 Å². The van der Waals surface area contributed by atoms with E-state index in [4.69, 9.17) is 14.2 Å². The van der Waals surface area contributed by atoms with Crippen LogP contribution in [0.3, 0.4) is 0 Å². The van der Waals surface area contributed by atoms with E-state index in [2.05, 4.69) is 154 Å². The molecular weight excluding hydrogens is 997 g/mol. The molecular formula is C75H124O6. The molecule has 1 unspecified atom stereocenters. The van der Waals surface area contributed by atoms with Crippen molar-refractivity contribution in [3.8, 4) is 0 Å². The molecule has 0 aromatic heterocycles. The van der Waals surface area contributed by atoms with Crippen molar-refractivity contribution in [1.29, 1.82) is 0 Å². The van der Waals surface area contributed by atoms with E-state index in [0.29, 0.717) is 19.3 Å². The predicted octanol–water partition coefficient (Wildman–Crippen LogP) is 23.3. The maximum atomic E-state index is 12.9. The quantitative estimate of drug-likeness (QED) is 0.0261. The van der Waals surface area contributed by atoms with Crippen LogP contribution in [-0.4, -0.2) is 37.2 Å². The first-order valence-corrected chi connectivity index (χ1v) is 33.7. The number of allylic oxidation sites excluding steroid dienone is 22. The van der Waals surface area contributed by atoms with E-state index in [1.807, 2.05) is 0 Å². The fraction of sp³-hybridized carbons (Fsp3) is 0.667. The molecule has 6 heteroatoms. The van der Waals surface area contributed by atoms with E-state index in [1.165, 1.54) is 109 Å². The van der Waals surface area contributed by atoms with Crippen molar-refractivity contribution in [2.45, 2.75) is 309 Å². The van der Waals surface area contributed by atoms with Gasteiger partial charge in [-0.15, -0.1) is 0 Å². The zero-order valence-corrected chi connectivity index (χ0v) is 52.8. The monoisotopic (exact) mass is 1120 g/mol. The summed E-state index contributed by atoms with van der Waals surface area (Å²) in [5.74, 6) is -0.908. The molecule has 0 aliphatic rings. The Hall–Kier alpha value is -4.45. The standard InChI is InChI=1S/C75H124O6/c1-4-7-10-13-16-19-22-25-27-29-30-31-32-33-34-35-36-37-38-39-40-41-42-43-44-46-47-50-53-56-59-62-65-68-74(77)80-71-72(70-79-73(76)67-64-61-58-55-52-49-24-21-18-15-12-9-6-3)81-75(78)69-66-63-60-57-54-51-48-45-28-26-23-20-17-14-11-8-5-2/h7-8,10-12,15-17,19-21,24-28,30-31,33-34,36-37,72H,4-6,9,13-14,18,22-23,29,32,35,38-71H2,1-3H3/b10-7-,11-8-,15-12-,19-16-,20-17-,24-21-,27-25-,28-26-,31-30-,34-33-,37-36-. The number of rotatable bonds is 60. The third kappa shape index (κ3) is 66.2. The Labute approximate surface area is 500 Å². The molecule has 460 valence electrons. The van der Waals surface area contributed by atoms with Crippen LogP contribution in [0.25, 0.3) is 0 Å². The smallest absolute Gasteiger partial charge is 0.306 e. The lowest BCUT2D eigenvalue weighted by Gasteiger charge is -2.18. The van der Waals surface area contributed by atoms with Crippen molar-refractivity contribution in [1.82, 2.24) is 0 Å². The maximum Gasteiger partial charge on any atom is 0.306 e. The SMILES string of the molecule is CC/C=C\C/C=C\C/C=C\C/C=C\C/C=C\C/C=C\CCCCCCCCCCCCCCCCC(=O)OCC(COC(=O)CCCCCCC/C=C\C/C=C\CCC)OC(=O)CCCCCCCCC/C=C\C/C=C\C/C=C\CC. The second-order valence-corrected chi connectivity index (χ2v) is 22.0. The maximum absolute atomic E-state index is 12.9. The predicted molar refractivity (Wildman–Crippen MR) is 353 cm³/mol. The van der Waals surface area contributed by atoms with Crippen molar-refractivity contribution >= 4 is 17.9 Å². The van der Waals surface area contributed by atoms with E-state index in [9.17, 15) is 14.4 Å². The van der Waals surface area contributed by atoms with Gasteiger partial charge in [0, 0.05) is 19.3 Å². The van der Waals surface area contributed by atoms with Crippen LogP contribution in [0.5, 0.6) is 0 Å². The minimum absolute atomic E-state index is 0.0884. The largest absolute Gasteiger partial charge is 0.462 e. The summed E-state index contributed by atoms with van der Waals surface area (Å²) in [6.45, 7) is 6.34. The highest BCUT2D eigenvalue weighted by Crippen LogP contribution is 2.16. The minimum atomic E-state index is -0.793. The Morgan fingerprint density at radius 1 is 0.259 bits per heavy atom. The molecule has 0 saturated heterocycles. The Morgan fingerprint density at radius 2 is 0.481 bits per heavy atom. The van der Waals surface area contributed by atoms with Crippen molar-refractivity contribution in [3.63, 3.8) is 0 Å². The Balaban J connectivity index is 4.23. The lowest BCUT2D eigenvalue weighted by Crippen LogP contribution is -2.30. The first-order chi connectivity index (χ1) is 40.0. The van der Waals surface area contributed by atoms with Gasteiger partial charge < -0.3 is 14.2 Å². The molecule has 0 saturated carbocycles. The fourth-order valence-electron chi connectivity index (χ4n) is 9.15. The van der Waals surface area contributed by atoms with Crippen LogP contribution >= 0.6 is 0 Å². The topological polar surface area (TPSA) is 78.9 Å². The highest BCUT2D eigenvalue weighted by atomic mass is 16.6. The van der Waals surface area contributed by atoms with E-state index in [0.717, 1.165) is 154 Å². The summed E-state index contributed by atoms with van der Waals surface area (Å²) < 4.78 is 16.9. The zero-order valence-electron chi connectivity index (χ0n) is 52.8. The number of unbranched alkanes of at least 4 members (excludes halogenated alkanes) is 27. The molecule has 0 bridgehead atoms. The van der Waals surface area contributed by atoms with Gasteiger partial charge in [0.2, 0.25) is 0 Å². The van der Waals surface area contributed by atoms with Crippen LogP contribution < -0.4 is 0 Å². The van der Waals surface area contributed by atoms with Gasteiger partial charge in [0.25, 0.3) is 0 Å². The van der Waals surface area contributed by atoms with Crippen LogP contribution in [0.4, 0.5) is 0 Å². The molecule has 81 heavy (non-hydrogen) atoms. The number of hydrogen-bond acceptors (Lipinski definition) is 6. The summed E-state index contributed by atoms with van der Waals surface area (Å²) in [7, 11) is 0. The Morgan fingerprint density at radius 3 is 0.753 bits per heavy atom. The summed E-state index contributed by atoms with van der Waals surface area (Å²) >= 11 is 0. The van der Waals surface area contributed by atoms with Crippen LogP contribution in [-0.2, 0) is 28.6 Å².